The van der Waals surface area contributed by atoms with Gasteiger partial charge in [-0.05, 0) is 30.5 Å². The average molecular weight is 350 g/mol. The molecule has 2 aromatic rings. The zero-order valence-electron chi connectivity index (χ0n) is 15.5. The lowest BCUT2D eigenvalue weighted by molar-refractivity contribution is -0.131. The van der Waals surface area contributed by atoms with Crippen LogP contribution in [0.25, 0.3) is 0 Å². The monoisotopic (exact) mass is 350 g/mol. The number of amides is 2. The molecular weight excluding hydrogens is 324 g/mol. The number of carbonyl (C=O) groups excluding carboxylic acids is 2. The third kappa shape index (κ3) is 3.50. The number of carbonyl (C=O) groups is 2. The Morgan fingerprint density at radius 1 is 1.12 bits per heavy atom. The summed E-state index contributed by atoms with van der Waals surface area (Å²) in [4.78, 5) is 27.9. The van der Waals surface area contributed by atoms with Crippen molar-refractivity contribution in [3.05, 3.63) is 71.3 Å². The maximum atomic E-state index is 13.1. The lowest BCUT2D eigenvalue weighted by Crippen LogP contribution is -2.62. The highest BCUT2D eigenvalue weighted by Crippen LogP contribution is 2.31. The molecule has 26 heavy (non-hydrogen) atoms. The second kappa shape index (κ2) is 7.73. The summed E-state index contributed by atoms with van der Waals surface area (Å²) < 4.78 is 0. The van der Waals surface area contributed by atoms with Crippen LogP contribution in [-0.4, -0.2) is 28.8 Å². The standard InChI is InChI=1S/C22H26N2O2/c1-3-4-14-24-20(25)19-13-9-8-12-18(19)15-22(24,2)21(26)23-16-17-10-6-5-7-11-17/h5-13H,3-4,14-16H2,1-2H3,(H,23,26)/t22-/m1/s1. The Morgan fingerprint density at radius 3 is 2.54 bits per heavy atom. The highest BCUT2D eigenvalue weighted by atomic mass is 16.2. The van der Waals surface area contributed by atoms with Crippen LogP contribution in [0.15, 0.2) is 54.6 Å². The molecule has 0 spiro atoms. The van der Waals surface area contributed by atoms with E-state index in [1.807, 2.05) is 61.5 Å². The molecule has 4 heteroatoms. The summed E-state index contributed by atoms with van der Waals surface area (Å²) in [6.45, 7) is 5.04. The second-order valence-corrected chi connectivity index (χ2v) is 7.09. The molecular formula is C22H26N2O2. The first-order valence-electron chi connectivity index (χ1n) is 9.28. The number of hydrogen-bond acceptors (Lipinski definition) is 2. The molecule has 0 saturated carbocycles. The lowest BCUT2D eigenvalue weighted by Gasteiger charge is -2.44. The second-order valence-electron chi connectivity index (χ2n) is 7.09. The summed E-state index contributed by atoms with van der Waals surface area (Å²) in [5.41, 5.74) is 1.85. The Hall–Kier alpha value is -2.62. The number of hydrogen-bond donors (Lipinski definition) is 1. The van der Waals surface area contributed by atoms with Gasteiger partial charge >= 0.3 is 0 Å². The third-order valence-corrected chi connectivity index (χ3v) is 5.14. The molecule has 1 atom stereocenters. The molecule has 4 nitrogen and oxygen atoms in total. The highest BCUT2D eigenvalue weighted by Gasteiger charge is 2.46. The number of nitrogens with zero attached hydrogens (tertiary/aromatic N) is 1. The molecule has 0 aromatic heterocycles. The summed E-state index contributed by atoms with van der Waals surface area (Å²) in [6.07, 6.45) is 2.40. The molecule has 0 bridgehead atoms. The van der Waals surface area contributed by atoms with Crippen LogP contribution in [0, 0.1) is 0 Å². The van der Waals surface area contributed by atoms with Crippen molar-refractivity contribution in [2.24, 2.45) is 0 Å². The molecule has 2 amide bonds. The number of nitrogens with one attached hydrogen (secondary N) is 1. The highest BCUT2D eigenvalue weighted by molar-refractivity contribution is 6.02. The normalized spacial score (nSPS) is 19.2. The molecule has 0 fully saturated rings. The van der Waals surface area contributed by atoms with Crippen molar-refractivity contribution in [3.8, 4) is 0 Å². The van der Waals surface area contributed by atoms with Gasteiger partial charge in [0.05, 0.1) is 0 Å². The van der Waals surface area contributed by atoms with Gasteiger partial charge in [0.2, 0.25) is 5.91 Å². The first-order chi connectivity index (χ1) is 12.6. The van der Waals surface area contributed by atoms with Crippen LogP contribution in [-0.2, 0) is 17.8 Å². The van der Waals surface area contributed by atoms with E-state index in [9.17, 15) is 9.59 Å². The zero-order chi connectivity index (χ0) is 18.6. The minimum Gasteiger partial charge on any atom is -0.350 e. The average Bonchev–Trinajstić information content (AvgIpc) is 2.66. The van der Waals surface area contributed by atoms with Gasteiger partial charge in [0.25, 0.3) is 5.91 Å². The number of benzene rings is 2. The summed E-state index contributed by atoms with van der Waals surface area (Å²) in [5.74, 6) is -0.141. The molecule has 136 valence electrons. The SMILES string of the molecule is CCCCN1C(=O)c2ccccc2C[C@]1(C)C(=O)NCc1ccccc1. The summed E-state index contributed by atoms with van der Waals surface area (Å²) in [7, 11) is 0. The van der Waals surface area contributed by atoms with Crippen LogP contribution in [0.4, 0.5) is 0 Å². The van der Waals surface area contributed by atoms with Gasteiger partial charge in [-0.3, -0.25) is 9.59 Å². The third-order valence-electron chi connectivity index (χ3n) is 5.14. The van der Waals surface area contributed by atoms with Gasteiger partial charge in [-0.2, -0.15) is 0 Å². The van der Waals surface area contributed by atoms with Gasteiger partial charge in [0, 0.05) is 25.1 Å². The van der Waals surface area contributed by atoms with Crippen LogP contribution >= 0.6 is 0 Å². The quantitative estimate of drug-likeness (QED) is 0.866. The van der Waals surface area contributed by atoms with Gasteiger partial charge in [-0.25, -0.2) is 0 Å². The summed E-state index contributed by atoms with van der Waals surface area (Å²) in [5, 5.41) is 3.03. The molecule has 1 aliphatic rings. The van der Waals surface area contributed by atoms with Crippen molar-refractivity contribution in [1.82, 2.24) is 10.2 Å². The Kier molecular flexibility index (Phi) is 5.40. The molecule has 1 heterocycles. The first-order valence-corrected chi connectivity index (χ1v) is 9.28. The Bertz CT molecular complexity index is 788. The predicted octanol–water partition coefficient (Wildman–Crippen LogP) is 3.56. The summed E-state index contributed by atoms with van der Waals surface area (Å²) >= 11 is 0. The van der Waals surface area contributed by atoms with E-state index in [-0.39, 0.29) is 11.8 Å². The molecule has 0 unspecified atom stereocenters. The smallest absolute Gasteiger partial charge is 0.255 e. The van der Waals surface area contributed by atoms with Crippen molar-refractivity contribution < 1.29 is 9.59 Å². The molecule has 0 radical (unpaired) electrons. The molecule has 1 N–H and O–H groups in total. The van der Waals surface area contributed by atoms with Gasteiger partial charge < -0.3 is 10.2 Å². The lowest BCUT2D eigenvalue weighted by atomic mass is 9.82. The van der Waals surface area contributed by atoms with Crippen molar-refractivity contribution in [1.29, 1.82) is 0 Å². The summed E-state index contributed by atoms with van der Waals surface area (Å²) in [6, 6.07) is 17.5. The number of unbranched alkanes of at least 4 members (excludes halogenated alkanes) is 1. The van der Waals surface area contributed by atoms with E-state index < -0.39 is 5.54 Å². The molecule has 3 rings (SSSR count). The molecule has 1 aliphatic heterocycles. The Morgan fingerprint density at radius 2 is 1.81 bits per heavy atom. The number of rotatable bonds is 6. The molecule has 0 saturated heterocycles. The van der Waals surface area contributed by atoms with Crippen LogP contribution in [0.2, 0.25) is 0 Å². The van der Waals surface area contributed by atoms with Crippen molar-refractivity contribution >= 4 is 11.8 Å². The molecule has 0 aliphatic carbocycles. The van der Waals surface area contributed by atoms with E-state index in [1.54, 1.807) is 4.90 Å². The van der Waals surface area contributed by atoms with Gasteiger partial charge in [-0.1, -0.05) is 61.9 Å². The molecule has 2 aromatic carbocycles. The van der Waals surface area contributed by atoms with Gasteiger partial charge in [0.15, 0.2) is 0 Å². The van der Waals surface area contributed by atoms with E-state index in [0.717, 1.165) is 29.5 Å². The first kappa shape index (κ1) is 18.2. The maximum Gasteiger partial charge on any atom is 0.255 e. The Balaban J connectivity index is 1.85. The largest absolute Gasteiger partial charge is 0.350 e. The fourth-order valence-electron chi connectivity index (χ4n) is 3.55. The van der Waals surface area contributed by atoms with Crippen molar-refractivity contribution in [2.75, 3.05) is 6.54 Å². The van der Waals surface area contributed by atoms with Crippen LogP contribution < -0.4 is 5.32 Å². The topological polar surface area (TPSA) is 49.4 Å². The minimum atomic E-state index is -0.866. The fourth-order valence-corrected chi connectivity index (χ4v) is 3.55. The zero-order valence-corrected chi connectivity index (χ0v) is 15.5. The maximum absolute atomic E-state index is 13.1. The van der Waals surface area contributed by atoms with Crippen molar-refractivity contribution in [3.63, 3.8) is 0 Å². The number of fused-ring (bicyclic) bond motifs is 1. The van der Waals surface area contributed by atoms with Crippen LogP contribution in [0.3, 0.4) is 0 Å². The van der Waals surface area contributed by atoms with Gasteiger partial charge in [-0.15, -0.1) is 0 Å². The van der Waals surface area contributed by atoms with E-state index in [1.165, 1.54) is 0 Å². The van der Waals surface area contributed by atoms with Crippen molar-refractivity contribution in [2.45, 2.75) is 45.2 Å². The van der Waals surface area contributed by atoms with Crippen LogP contribution in [0.5, 0.6) is 0 Å². The van der Waals surface area contributed by atoms with Crippen LogP contribution in [0.1, 0.15) is 48.2 Å². The minimum absolute atomic E-state index is 0.0438. The fraction of sp³-hybridized carbons (Fsp3) is 0.364. The van der Waals surface area contributed by atoms with Gasteiger partial charge in [0.1, 0.15) is 5.54 Å². The van der Waals surface area contributed by atoms with E-state index in [0.29, 0.717) is 19.5 Å². The van der Waals surface area contributed by atoms with E-state index >= 15 is 0 Å². The predicted molar refractivity (Wildman–Crippen MR) is 103 cm³/mol. The van der Waals surface area contributed by atoms with E-state index in [2.05, 4.69) is 12.2 Å². The Labute approximate surface area is 155 Å². The van der Waals surface area contributed by atoms with E-state index in [4.69, 9.17) is 0 Å².